The standard InChI is InChI=1S/C14H19N3O/c1-17-14-8-3-2-7-12(14)13(16-17)10-11(18)6-4-5-9-15/h2-3,7-8H,4-6,9-10,15H2,1H3. The zero-order valence-electron chi connectivity index (χ0n) is 10.7. The Bertz CT molecular complexity index is 545. The molecule has 0 spiro atoms. The van der Waals surface area contributed by atoms with E-state index in [2.05, 4.69) is 5.10 Å². The number of hydrogen-bond donors (Lipinski definition) is 1. The Balaban J connectivity index is 2.10. The van der Waals surface area contributed by atoms with E-state index in [1.54, 1.807) is 0 Å². The van der Waals surface area contributed by atoms with Crippen LogP contribution in [0.15, 0.2) is 24.3 Å². The van der Waals surface area contributed by atoms with Crippen LogP contribution in [0.1, 0.15) is 25.0 Å². The summed E-state index contributed by atoms with van der Waals surface area (Å²) in [4.78, 5) is 11.9. The molecule has 0 aliphatic heterocycles. The Hall–Kier alpha value is -1.68. The van der Waals surface area contributed by atoms with Crippen molar-refractivity contribution in [2.24, 2.45) is 12.8 Å². The van der Waals surface area contributed by atoms with Gasteiger partial charge in [0.25, 0.3) is 0 Å². The van der Waals surface area contributed by atoms with Crippen molar-refractivity contribution in [3.05, 3.63) is 30.0 Å². The summed E-state index contributed by atoms with van der Waals surface area (Å²) in [7, 11) is 1.91. The monoisotopic (exact) mass is 245 g/mol. The number of rotatable bonds is 6. The number of fused-ring (bicyclic) bond motifs is 1. The Morgan fingerprint density at radius 3 is 2.89 bits per heavy atom. The molecule has 0 saturated heterocycles. The molecule has 4 heteroatoms. The van der Waals surface area contributed by atoms with Crippen LogP contribution in [0.25, 0.3) is 10.9 Å². The molecule has 0 aliphatic rings. The molecule has 1 aromatic heterocycles. The summed E-state index contributed by atoms with van der Waals surface area (Å²) in [6.45, 7) is 0.653. The molecule has 0 unspecified atom stereocenters. The highest BCUT2D eigenvalue weighted by atomic mass is 16.1. The van der Waals surface area contributed by atoms with E-state index in [0.29, 0.717) is 19.4 Å². The second kappa shape index (κ2) is 5.78. The maximum Gasteiger partial charge on any atom is 0.138 e. The zero-order valence-corrected chi connectivity index (χ0v) is 10.7. The maximum atomic E-state index is 11.9. The fraction of sp³-hybridized carbons (Fsp3) is 0.429. The number of Topliss-reactive ketones (excluding diaryl/α,β-unsaturated/α-hetero) is 1. The normalized spacial score (nSPS) is 11.0. The number of benzene rings is 1. The molecule has 0 bridgehead atoms. The van der Waals surface area contributed by atoms with Gasteiger partial charge in [0.15, 0.2) is 0 Å². The average molecular weight is 245 g/mol. The predicted molar refractivity (Wildman–Crippen MR) is 72.3 cm³/mol. The number of aryl methyl sites for hydroxylation is 1. The van der Waals surface area contributed by atoms with Gasteiger partial charge in [-0.3, -0.25) is 9.48 Å². The van der Waals surface area contributed by atoms with Crippen molar-refractivity contribution in [1.29, 1.82) is 0 Å². The number of nitrogens with two attached hydrogens (primary N) is 1. The van der Waals surface area contributed by atoms with E-state index < -0.39 is 0 Å². The van der Waals surface area contributed by atoms with Crippen molar-refractivity contribution in [2.45, 2.75) is 25.7 Å². The predicted octanol–water partition coefficient (Wildman–Crippen LogP) is 1.81. The lowest BCUT2D eigenvalue weighted by Crippen LogP contribution is -2.06. The third-order valence-corrected chi connectivity index (χ3v) is 3.11. The van der Waals surface area contributed by atoms with Crippen LogP contribution in [-0.4, -0.2) is 22.1 Å². The van der Waals surface area contributed by atoms with Crippen molar-refractivity contribution < 1.29 is 4.79 Å². The highest BCUT2D eigenvalue weighted by Gasteiger charge is 2.11. The quantitative estimate of drug-likeness (QED) is 0.790. The van der Waals surface area contributed by atoms with Crippen molar-refractivity contribution in [1.82, 2.24) is 9.78 Å². The fourth-order valence-corrected chi connectivity index (χ4v) is 2.16. The van der Waals surface area contributed by atoms with E-state index in [1.165, 1.54) is 0 Å². The fourth-order valence-electron chi connectivity index (χ4n) is 2.16. The summed E-state index contributed by atoms with van der Waals surface area (Å²) in [5.41, 5.74) is 7.37. The number of carbonyl (C=O) groups is 1. The van der Waals surface area contributed by atoms with Crippen LogP contribution in [0.5, 0.6) is 0 Å². The summed E-state index contributed by atoms with van der Waals surface area (Å²) in [5, 5.41) is 5.51. The summed E-state index contributed by atoms with van der Waals surface area (Å²) in [6.07, 6.45) is 2.81. The highest BCUT2D eigenvalue weighted by Crippen LogP contribution is 2.18. The van der Waals surface area contributed by atoms with Crippen LogP contribution in [0.4, 0.5) is 0 Å². The topological polar surface area (TPSA) is 60.9 Å². The molecule has 0 radical (unpaired) electrons. The molecular weight excluding hydrogens is 226 g/mol. The van der Waals surface area contributed by atoms with Gasteiger partial charge in [-0.15, -0.1) is 0 Å². The molecule has 2 rings (SSSR count). The van der Waals surface area contributed by atoms with Gasteiger partial charge in [0, 0.05) is 18.9 Å². The second-order valence-corrected chi connectivity index (χ2v) is 4.55. The smallest absolute Gasteiger partial charge is 0.138 e. The molecule has 0 saturated carbocycles. The molecule has 0 atom stereocenters. The van der Waals surface area contributed by atoms with Crippen molar-refractivity contribution in [3.63, 3.8) is 0 Å². The first-order valence-electron chi connectivity index (χ1n) is 6.34. The van der Waals surface area contributed by atoms with Crippen molar-refractivity contribution >= 4 is 16.7 Å². The van der Waals surface area contributed by atoms with Gasteiger partial charge in [0.05, 0.1) is 17.6 Å². The van der Waals surface area contributed by atoms with E-state index >= 15 is 0 Å². The maximum absolute atomic E-state index is 11.9. The van der Waals surface area contributed by atoms with Crippen LogP contribution in [0.3, 0.4) is 0 Å². The first-order valence-corrected chi connectivity index (χ1v) is 6.34. The largest absolute Gasteiger partial charge is 0.330 e. The van der Waals surface area contributed by atoms with Crippen LogP contribution >= 0.6 is 0 Å². The van der Waals surface area contributed by atoms with Crippen molar-refractivity contribution in [3.8, 4) is 0 Å². The highest BCUT2D eigenvalue weighted by molar-refractivity contribution is 5.88. The number of nitrogens with zero attached hydrogens (tertiary/aromatic N) is 2. The third kappa shape index (κ3) is 2.76. The molecule has 2 aromatic rings. The number of hydrogen-bond acceptors (Lipinski definition) is 3. The van der Waals surface area contributed by atoms with Crippen LogP contribution < -0.4 is 5.73 Å². The number of para-hydroxylation sites is 1. The van der Waals surface area contributed by atoms with Crippen molar-refractivity contribution in [2.75, 3.05) is 6.54 Å². The Kier molecular flexibility index (Phi) is 4.10. The number of unbranched alkanes of at least 4 members (excludes halogenated alkanes) is 1. The molecular formula is C14H19N3O. The van der Waals surface area contributed by atoms with Gasteiger partial charge in [-0.2, -0.15) is 5.10 Å². The number of carbonyl (C=O) groups excluding carboxylic acids is 1. The first-order chi connectivity index (χ1) is 8.72. The summed E-state index contributed by atoms with van der Waals surface area (Å²) < 4.78 is 1.83. The zero-order chi connectivity index (χ0) is 13.0. The van der Waals surface area contributed by atoms with Gasteiger partial charge < -0.3 is 5.73 Å². The van der Waals surface area contributed by atoms with Gasteiger partial charge >= 0.3 is 0 Å². The minimum absolute atomic E-state index is 0.243. The molecule has 2 N–H and O–H groups in total. The SMILES string of the molecule is Cn1nc(CC(=O)CCCCN)c2ccccc21. The first kappa shape index (κ1) is 12.8. The van der Waals surface area contributed by atoms with Gasteiger partial charge in [0.1, 0.15) is 5.78 Å². The summed E-state index contributed by atoms with van der Waals surface area (Å²) in [5.74, 6) is 0.243. The number of aromatic nitrogens is 2. The van der Waals surface area contributed by atoms with E-state index in [9.17, 15) is 4.79 Å². The second-order valence-electron chi connectivity index (χ2n) is 4.55. The molecule has 1 heterocycles. The molecule has 18 heavy (non-hydrogen) atoms. The Labute approximate surface area is 107 Å². The molecule has 1 aromatic carbocycles. The molecule has 0 aliphatic carbocycles. The van der Waals surface area contributed by atoms with Crippen LogP contribution in [0, 0.1) is 0 Å². The van der Waals surface area contributed by atoms with Gasteiger partial charge in [-0.05, 0) is 25.5 Å². The minimum atomic E-state index is 0.243. The third-order valence-electron chi connectivity index (χ3n) is 3.11. The lowest BCUT2D eigenvalue weighted by Gasteiger charge is -1.98. The Morgan fingerprint density at radius 1 is 1.33 bits per heavy atom. The van der Waals surface area contributed by atoms with E-state index in [1.807, 2.05) is 36.0 Å². The minimum Gasteiger partial charge on any atom is -0.330 e. The van der Waals surface area contributed by atoms with Gasteiger partial charge in [-0.1, -0.05) is 18.2 Å². The lowest BCUT2D eigenvalue weighted by atomic mass is 10.1. The molecule has 96 valence electrons. The van der Waals surface area contributed by atoms with E-state index in [-0.39, 0.29) is 5.78 Å². The number of ketones is 1. The van der Waals surface area contributed by atoms with E-state index in [0.717, 1.165) is 29.4 Å². The van der Waals surface area contributed by atoms with E-state index in [4.69, 9.17) is 5.73 Å². The molecule has 4 nitrogen and oxygen atoms in total. The van der Waals surface area contributed by atoms with Gasteiger partial charge in [-0.25, -0.2) is 0 Å². The van der Waals surface area contributed by atoms with Crippen LogP contribution in [-0.2, 0) is 18.3 Å². The molecule has 0 fully saturated rings. The average Bonchev–Trinajstić information content (AvgIpc) is 2.67. The van der Waals surface area contributed by atoms with Gasteiger partial charge in [0.2, 0.25) is 0 Å². The Morgan fingerprint density at radius 2 is 2.11 bits per heavy atom. The molecule has 0 amide bonds. The summed E-state index contributed by atoms with van der Waals surface area (Å²) in [6, 6.07) is 8.00. The summed E-state index contributed by atoms with van der Waals surface area (Å²) >= 11 is 0. The lowest BCUT2D eigenvalue weighted by molar-refractivity contribution is -0.118. The van der Waals surface area contributed by atoms with Crippen LogP contribution in [0.2, 0.25) is 0 Å².